The molecule has 1 unspecified atom stereocenters. The standard InChI is InChI=1S/C10H19BrN2/c11-4-2-5-12-7-8-13-6-1-3-10(13)9-12/h10H,1-9H2. The molecule has 1 atom stereocenters. The molecule has 76 valence electrons. The molecule has 3 heteroatoms. The van der Waals surface area contributed by atoms with E-state index in [1.54, 1.807) is 0 Å². The fourth-order valence-corrected chi connectivity index (χ4v) is 2.79. The minimum atomic E-state index is 0.893. The van der Waals surface area contributed by atoms with Gasteiger partial charge >= 0.3 is 0 Å². The van der Waals surface area contributed by atoms with Crippen molar-refractivity contribution >= 4 is 15.9 Å². The van der Waals surface area contributed by atoms with Crippen LogP contribution >= 0.6 is 15.9 Å². The molecule has 0 saturated carbocycles. The fourth-order valence-electron chi connectivity index (χ4n) is 2.54. The van der Waals surface area contributed by atoms with Gasteiger partial charge in [0.15, 0.2) is 0 Å². The lowest BCUT2D eigenvalue weighted by Crippen LogP contribution is -2.50. The zero-order valence-electron chi connectivity index (χ0n) is 8.21. The highest BCUT2D eigenvalue weighted by Gasteiger charge is 2.29. The summed E-state index contributed by atoms with van der Waals surface area (Å²) in [4.78, 5) is 5.30. The topological polar surface area (TPSA) is 6.48 Å². The highest BCUT2D eigenvalue weighted by Crippen LogP contribution is 2.21. The molecule has 0 N–H and O–H groups in total. The maximum absolute atomic E-state index is 3.50. The van der Waals surface area contributed by atoms with Crippen LogP contribution in [0.1, 0.15) is 19.3 Å². The zero-order chi connectivity index (χ0) is 9.10. The van der Waals surface area contributed by atoms with Crippen molar-refractivity contribution in [2.75, 3.05) is 38.1 Å². The molecule has 2 aliphatic rings. The number of hydrogen-bond acceptors (Lipinski definition) is 2. The highest BCUT2D eigenvalue weighted by atomic mass is 79.9. The van der Waals surface area contributed by atoms with Crippen molar-refractivity contribution < 1.29 is 0 Å². The van der Waals surface area contributed by atoms with E-state index in [1.165, 1.54) is 52.0 Å². The molecule has 2 nitrogen and oxygen atoms in total. The van der Waals surface area contributed by atoms with Crippen LogP contribution in [0.25, 0.3) is 0 Å². The molecule has 0 aromatic heterocycles. The van der Waals surface area contributed by atoms with Gasteiger partial charge in [-0.3, -0.25) is 4.90 Å². The van der Waals surface area contributed by atoms with Crippen molar-refractivity contribution in [3.63, 3.8) is 0 Å². The van der Waals surface area contributed by atoms with Gasteiger partial charge < -0.3 is 4.90 Å². The first-order valence-corrected chi connectivity index (χ1v) is 6.54. The summed E-state index contributed by atoms with van der Waals surface area (Å²) in [6, 6.07) is 0.893. The Kier molecular flexibility index (Phi) is 3.64. The normalized spacial score (nSPS) is 30.7. The monoisotopic (exact) mass is 246 g/mol. The maximum Gasteiger partial charge on any atom is 0.0224 e. The number of halogens is 1. The van der Waals surface area contributed by atoms with E-state index in [-0.39, 0.29) is 0 Å². The highest BCUT2D eigenvalue weighted by molar-refractivity contribution is 9.09. The molecule has 2 heterocycles. The van der Waals surface area contributed by atoms with Gasteiger partial charge in [-0.1, -0.05) is 15.9 Å². The molecule has 2 rings (SSSR count). The summed E-state index contributed by atoms with van der Waals surface area (Å²) in [6.45, 7) is 6.58. The Labute approximate surface area is 89.4 Å². The molecule has 0 aliphatic carbocycles. The number of rotatable bonds is 3. The number of piperazine rings is 1. The first kappa shape index (κ1) is 9.94. The van der Waals surface area contributed by atoms with E-state index in [2.05, 4.69) is 25.7 Å². The predicted octanol–water partition coefficient (Wildman–Crippen LogP) is 1.55. The van der Waals surface area contributed by atoms with Crippen LogP contribution in [0, 0.1) is 0 Å². The quantitative estimate of drug-likeness (QED) is 0.698. The van der Waals surface area contributed by atoms with Crippen molar-refractivity contribution in [1.82, 2.24) is 9.80 Å². The van der Waals surface area contributed by atoms with E-state index in [0.717, 1.165) is 11.4 Å². The third-order valence-corrected chi connectivity index (χ3v) is 3.84. The molecule has 0 spiro atoms. The van der Waals surface area contributed by atoms with E-state index in [1.807, 2.05) is 0 Å². The van der Waals surface area contributed by atoms with E-state index in [0.29, 0.717) is 0 Å². The second-order valence-electron chi connectivity index (χ2n) is 4.18. The van der Waals surface area contributed by atoms with Crippen LogP contribution in [0.15, 0.2) is 0 Å². The lowest BCUT2D eigenvalue weighted by atomic mass is 10.1. The summed E-state index contributed by atoms with van der Waals surface area (Å²) < 4.78 is 0. The summed E-state index contributed by atoms with van der Waals surface area (Å²) in [5.41, 5.74) is 0. The molecule has 2 fully saturated rings. The van der Waals surface area contributed by atoms with Crippen LogP contribution in [0.3, 0.4) is 0 Å². The molecule has 13 heavy (non-hydrogen) atoms. The Morgan fingerprint density at radius 3 is 3.00 bits per heavy atom. The Morgan fingerprint density at radius 1 is 1.23 bits per heavy atom. The third-order valence-electron chi connectivity index (χ3n) is 3.28. The van der Waals surface area contributed by atoms with Crippen molar-refractivity contribution in [3.05, 3.63) is 0 Å². The Morgan fingerprint density at radius 2 is 2.15 bits per heavy atom. The van der Waals surface area contributed by atoms with Gasteiger partial charge in [-0.2, -0.15) is 0 Å². The molecule has 2 saturated heterocycles. The summed E-state index contributed by atoms with van der Waals surface area (Å²) in [5, 5.41) is 1.15. The molecule has 0 aromatic carbocycles. The second-order valence-corrected chi connectivity index (χ2v) is 4.97. The smallest absolute Gasteiger partial charge is 0.0224 e. The van der Waals surface area contributed by atoms with E-state index >= 15 is 0 Å². The minimum absolute atomic E-state index is 0.893. The first-order chi connectivity index (χ1) is 6.40. The molecular weight excluding hydrogens is 228 g/mol. The average molecular weight is 247 g/mol. The van der Waals surface area contributed by atoms with Gasteiger partial charge in [0.25, 0.3) is 0 Å². The number of hydrogen-bond donors (Lipinski definition) is 0. The van der Waals surface area contributed by atoms with Crippen LogP contribution in [0.2, 0.25) is 0 Å². The summed E-state index contributed by atoms with van der Waals surface area (Å²) >= 11 is 3.50. The molecule has 0 aromatic rings. The van der Waals surface area contributed by atoms with Gasteiger partial charge in [0.2, 0.25) is 0 Å². The molecule has 0 radical (unpaired) electrons. The maximum atomic E-state index is 3.50. The van der Waals surface area contributed by atoms with Gasteiger partial charge in [0, 0.05) is 31.0 Å². The Bertz CT molecular complexity index is 163. The average Bonchev–Trinajstić information content (AvgIpc) is 2.61. The number of nitrogens with zero attached hydrogens (tertiary/aromatic N) is 2. The SMILES string of the molecule is BrCCCN1CCN2CCCC2C1. The van der Waals surface area contributed by atoms with E-state index < -0.39 is 0 Å². The molecular formula is C10H19BrN2. The summed E-state index contributed by atoms with van der Waals surface area (Å²) in [5.74, 6) is 0. The van der Waals surface area contributed by atoms with Gasteiger partial charge in [0.05, 0.1) is 0 Å². The Balaban J connectivity index is 1.76. The van der Waals surface area contributed by atoms with Gasteiger partial charge in [-0.15, -0.1) is 0 Å². The molecule has 2 aliphatic heterocycles. The van der Waals surface area contributed by atoms with Crippen molar-refractivity contribution in [2.24, 2.45) is 0 Å². The molecule has 0 amide bonds. The minimum Gasteiger partial charge on any atom is -0.300 e. The third kappa shape index (κ3) is 2.45. The van der Waals surface area contributed by atoms with Crippen molar-refractivity contribution in [2.45, 2.75) is 25.3 Å². The van der Waals surface area contributed by atoms with Crippen molar-refractivity contribution in [1.29, 1.82) is 0 Å². The molecule has 0 bridgehead atoms. The van der Waals surface area contributed by atoms with E-state index in [4.69, 9.17) is 0 Å². The van der Waals surface area contributed by atoms with Gasteiger partial charge in [-0.25, -0.2) is 0 Å². The number of fused-ring (bicyclic) bond motifs is 1. The first-order valence-electron chi connectivity index (χ1n) is 5.42. The lowest BCUT2D eigenvalue weighted by molar-refractivity contribution is 0.105. The zero-order valence-corrected chi connectivity index (χ0v) is 9.80. The Hall–Kier alpha value is 0.400. The lowest BCUT2D eigenvalue weighted by Gasteiger charge is -2.37. The van der Waals surface area contributed by atoms with Crippen LogP contribution in [0.4, 0.5) is 0 Å². The van der Waals surface area contributed by atoms with Crippen molar-refractivity contribution in [3.8, 4) is 0 Å². The number of alkyl halides is 1. The second kappa shape index (κ2) is 4.76. The predicted molar refractivity (Wildman–Crippen MR) is 59.4 cm³/mol. The fraction of sp³-hybridized carbons (Fsp3) is 1.00. The van der Waals surface area contributed by atoms with Gasteiger partial charge in [0.1, 0.15) is 0 Å². The van der Waals surface area contributed by atoms with Crippen LogP contribution in [-0.4, -0.2) is 53.9 Å². The summed E-state index contributed by atoms with van der Waals surface area (Å²) in [6.07, 6.45) is 4.16. The summed E-state index contributed by atoms with van der Waals surface area (Å²) in [7, 11) is 0. The van der Waals surface area contributed by atoms with E-state index in [9.17, 15) is 0 Å². The van der Waals surface area contributed by atoms with Crippen LogP contribution in [0.5, 0.6) is 0 Å². The largest absolute Gasteiger partial charge is 0.300 e. The van der Waals surface area contributed by atoms with Crippen LogP contribution in [-0.2, 0) is 0 Å². The van der Waals surface area contributed by atoms with Gasteiger partial charge in [-0.05, 0) is 32.4 Å². The van der Waals surface area contributed by atoms with Crippen LogP contribution < -0.4 is 0 Å².